The summed E-state index contributed by atoms with van der Waals surface area (Å²) < 4.78 is 22.9. The lowest BCUT2D eigenvalue weighted by atomic mass is 10.0. The Bertz CT molecular complexity index is 604. The number of nitrogens with one attached hydrogen (secondary N) is 1. The highest BCUT2D eigenvalue weighted by Gasteiger charge is 2.25. The Morgan fingerprint density at radius 1 is 1.18 bits per heavy atom. The van der Waals surface area contributed by atoms with Gasteiger partial charge in [0.2, 0.25) is 0 Å². The second-order valence-electron chi connectivity index (χ2n) is 7.44. The van der Waals surface area contributed by atoms with Crippen molar-refractivity contribution in [1.29, 1.82) is 0 Å². The molecule has 0 fully saturated rings. The summed E-state index contributed by atoms with van der Waals surface area (Å²) in [5.74, 6) is 0.739. The van der Waals surface area contributed by atoms with Gasteiger partial charge in [-0.2, -0.15) is 0 Å². The number of esters is 1. The molecule has 1 rings (SSSR count). The Kier molecular flexibility index (Phi) is 11.0. The van der Waals surface area contributed by atoms with Crippen LogP contribution in [0, 0.1) is 6.92 Å². The molecule has 0 amide bonds. The van der Waals surface area contributed by atoms with Crippen LogP contribution in [0.1, 0.15) is 65.0 Å². The molecule has 1 aromatic carbocycles. The Labute approximate surface area is 171 Å². The summed E-state index contributed by atoms with van der Waals surface area (Å²) in [6.45, 7) is 14.1. The van der Waals surface area contributed by atoms with Crippen LogP contribution in [-0.4, -0.2) is 37.9 Å². The zero-order valence-electron chi connectivity index (χ0n) is 18.4. The zero-order chi connectivity index (χ0) is 21.3. The van der Waals surface area contributed by atoms with Gasteiger partial charge < -0.3 is 18.5 Å². The van der Waals surface area contributed by atoms with Crippen LogP contribution in [0.5, 0.6) is 5.75 Å². The number of carbonyl (C=O) groups is 1. The average Bonchev–Trinajstić information content (AvgIpc) is 2.61. The first-order chi connectivity index (χ1) is 13.2. The molecule has 0 saturated heterocycles. The summed E-state index contributed by atoms with van der Waals surface area (Å²) in [6, 6.07) is 5.59. The minimum Gasteiger partial charge on any atom is -0.462 e. The van der Waals surface area contributed by atoms with Gasteiger partial charge in [0.15, 0.2) is 0 Å². The van der Waals surface area contributed by atoms with Crippen LogP contribution in [0.25, 0.3) is 0 Å². The maximum absolute atomic E-state index is 12.2. The summed E-state index contributed by atoms with van der Waals surface area (Å²) in [5, 5.41) is 3.15. The van der Waals surface area contributed by atoms with Gasteiger partial charge in [-0.3, -0.25) is 4.79 Å². The quantitative estimate of drug-likeness (QED) is 0.380. The predicted octanol–water partition coefficient (Wildman–Crippen LogP) is 5.10. The van der Waals surface area contributed by atoms with Crippen LogP contribution >= 0.6 is 8.53 Å². The standard InChI is InChI=1S/C21H36NO5P/c1-9-18(24-8)13-25-28(22-17(7)21(23)26-15(4)5)27-20-12-16(6)10-11-19(20)14(2)3/h10-12,14-15,17-18,22H,9,13H2,1-8H3. The SMILES string of the molecule is CCC(COP(NC(C)C(=O)OC(C)C)Oc1cc(C)ccc1C(C)C)OC. The number of methoxy groups -OCH3 is 1. The third-order valence-electron chi connectivity index (χ3n) is 4.14. The van der Waals surface area contributed by atoms with E-state index in [1.54, 1.807) is 14.0 Å². The van der Waals surface area contributed by atoms with Gasteiger partial charge >= 0.3 is 14.5 Å². The Morgan fingerprint density at radius 2 is 1.86 bits per heavy atom. The van der Waals surface area contributed by atoms with Crippen molar-refractivity contribution in [3.05, 3.63) is 29.3 Å². The van der Waals surface area contributed by atoms with Gasteiger partial charge in [-0.1, -0.05) is 32.9 Å². The minimum atomic E-state index is -1.56. The minimum absolute atomic E-state index is 0.0320. The third kappa shape index (κ3) is 8.44. The Balaban J connectivity index is 2.97. The van der Waals surface area contributed by atoms with E-state index in [1.807, 2.05) is 33.8 Å². The van der Waals surface area contributed by atoms with Gasteiger partial charge in [0.1, 0.15) is 11.8 Å². The van der Waals surface area contributed by atoms with E-state index < -0.39 is 14.6 Å². The van der Waals surface area contributed by atoms with Crippen molar-refractivity contribution in [2.24, 2.45) is 0 Å². The van der Waals surface area contributed by atoms with Crippen molar-refractivity contribution in [1.82, 2.24) is 5.09 Å². The van der Waals surface area contributed by atoms with Crippen molar-refractivity contribution in [3.63, 3.8) is 0 Å². The second kappa shape index (κ2) is 12.4. The van der Waals surface area contributed by atoms with E-state index in [0.29, 0.717) is 12.5 Å². The fourth-order valence-corrected chi connectivity index (χ4v) is 3.67. The molecule has 160 valence electrons. The van der Waals surface area contributed by atoms with E-state index in [-0.39, 0.29) is 18.2 Å². The van der Waals surface area contributed by atoms with E-state index in [0.717, 1.165) is 23.3 Å². The van der Waals surface area contributed by atoms with Gasteiger partial charge in [0.05, 0.1) is 18.8 Å². The van der Waals surface area contributed by atoms with Crippen LogP contribution in [0.3, 0.4) is 0 Å². The number of aryl methyl sites for hydroxylation is 1. The summed E-state index contributed by atoms with van der Waals surface area (Å²) in [5.41, 5.74) is 2.20. The van der Waals surface area contributed by atoms with Crippen molar-refractivity contribution in [3.8, 4) is 5.75 Å². The van der Waals surface area contributed by atoms with Crippen LogP contribution in [0.2, 0.25) is 0 Å². The van der Waals surface area contributed by atoms with E-state index in [4.69, 9.17) is 18.5 Å². The fraction of sp³-hybridized carbons (Fsp3) is 0.667. The van der Waals surface area contributed by atoms with Crippen molar-refractivity contribution < 1.29 is 23.3 Å². The van der Waals surface area contributed by atoms with E-state index in [9.17, 15) is 4.79 Å². The lowest BCUT2D eigenvalue weighted by Crippen LogP contribution is -2.35. The first kappa shape index (κ1) is 24.8. The van der Waals surface area contributed by atoms with E-state index >= 15 is 0 Å². The summed E-state index contributed by atoms with van der Waals surface area (Å²) in [6.07, 6.45) is 0.620. The fourth-order valence-electron chi connectivity index (χ4n) is 2.43. The topological polar surface area (TPSA) is 66.0 Å². The molecular formula is C21H36NO5P. The van der Waals surface area contributed by atoms with Gasteiger partial charge in [-0.05, 0) is 57.2 Å². The molecule has 3 atom stereocenters. The summed E-state index contributed by atoms with van der Waals surface area (Å²) >= 11 is 0. The summed E-state index contributed by atoms with van der Waals surface area (Å²) in [4.78, 5) is 12.2. The highest BCUT2D eigenvalue weighted by atomic mass is 31.2. The molecule has 0 bridgehead atoms. The number of rotatable bonds is 12. The third-order valence-corrected chi connectivity index (χ3v) is 5.49. The molecule has 0 aliphatic carbocycles. The molecule has 3 unspecified atom stereocenters. The smallest absolute Gasteiger partial charge is 0.323 e. The van der Waals surface area contributed by atoms with Gasteiger partial charge in [-0.15, -0.1) is 0 Å². The summed E-state index contributed by atoms with van der Waals surface area (Å²) in [7, 11) is 0.0989. The molecule has 0 heterocycles. The lowest BCUT2D eigenvalue weighted by molar-refractivity contribution is -0.149. The maximum atomic E-state index is 12.2. The highest BCUT2D eigenvalue weighted by Crippen LogP contribution is 2.40. The molecule has 0 saturated carbocycles. The molecular weight excluding hydrogens is 377 g/mol. The number of ether oxygens (including phenoxy) is 2. The number of carbonyl (C=O) groups excluding carboxylic acids is 1. The normalized spacial score (nSPS) is 14.8. The molecule has 0 aliphatic heterocycles. The van der Waals surface area contributed by atoms with Gasteiger partial charge in [-0.25, -0.2) is 5.09 Å². The van der Waals surface area contributed by atoms with Crippen LogP contribution in [0.4, 0.5) is 0 Å². The zero-order valence-corrected chi connectivity index (χ0v) is 19.3. The van der Waals surface area contributed by atoms with Gasteiger partial charge in [0, 0.05) is 7.11 Å². The van der Waals surface area contributed by atoms with Crippen molar-refractivity contribution in [2.45, 2.75) is 79.1 Å². The molecule has 7 heteroatoms. The average molecular weight is 413 g/mol. The molecule has 0 spiro atoms. The first-order valence-corrected chi connectivity index (χ1v) is 11.1. The predicted molar refractivity (Wildman–Crippen MR) is 114 cm³/mol. The molecule has 6 nitrogen and oxygen atoms in total. The Morgan fingerprint density at radius 3 is 2.39 bits per heavy atom. The van der Waals surface area contributed by atoms with Crippen LogP contribution in [-0.2, 0) is 18.8 Å². The monoisotopic (exact) mass is 413 g/mol. The van der Waals surface area contributed by atoms with Crippen LogP contribution in [0.15, 0.2) is 18.2 Å². The molecule has 0 aliphatic rings. The van der Waals surface area contributed by atoms with E-state index in [1.165, 1.54) is 0 Å². The second-order valence-corrected chi connectivity index (χ2v) is 8.66. The number of hydrogen-bond acceptors (Lipinski definition) is 6. The number of benzene rings is 1. The van der Waals surface area contributed by atoms with Crippen molar-refractivity contribution in [2.75, 3.05) is 13.7 Å². The van der Waals surface area contributed by atoms with Gasteiger partial charge in [0.25, 0.3) is 0 Å². The molecule has 1 N–H and O–H groups in total. The maximum Gasteiger partial charge on any atom is 0.323 e. The highest BCUT2D eigenvalue weighted by molar-refractivity contribution is 7.45. The molecule has 0 radical (unpaired) electrons. The molecule has 1 aromatic rings. The largest absolute Gasteiger partial charge is 0.462 e. The Hall–Kier alpha value is -1.20. The molecule has 28 heavy (non-hydrogen) atoms. The molecule has 0 aromatic heterocycles. The van der Waals surface area contributed by atoms with Crippen LogP contribution < -0.4 is 9.61 Å². The first-order valence-electron chi connectivity index (χ1n) is 9.88. The lowest BCUT2D eigenvalue weighted by Gasteiger charge is -2.25. The number of hydrogen-bond donors (Lipinski definition) is 1. The van der Waals surface area contributed by atoms with E-state index in [2.05, 4.69) is 31.1 Å². The van der Waals surface area contributed by atoms with Crippen molar-refractivity contribution >= 4 is 14.5 Å².